The Morgan fingerprint density at radius 1 is 0.850 bits per heavy atom. The van der Waals surface area contributed by atoms with Crippen molar-refractivity contribution in [3.8, 4) is 0 Å². The van der Waals surface area contributed by atoms with Gasteiger partial charge in [-0.25, -0.2) is 0 Å². The van der Waals surface area contributed by atoms with Crippen molar-refractivity contribution in [1.82, 2.24) is 16.0 Å². The van der Waals surface area contributed by atoms with Crippen LogP contribution in [0.25, 0.3) is 0 Å². The number of hydrogen-bond donors (Lipinski definition) is 4. The summed E-state index contributed by atoms with van der Waals surface area (Å²) < 4.78 is 0. The zero-order valence-electron chi connectivity index (χ0n) is 12.1. The molecule has 8 heteroatoms. The monoisotopic (exact) mass is 286 g/mol. The first-order valence-electron chi connectivity index (χ1n) is 6.29. The lowest BCUT2D eigenvalue weighted by Gasteiger charge is -2.19. The number of nitrogens with one attached hydrogen (secondary N) is 3. The van der Waals surface area contributed by atoms with Crippen LogP contribution in [0.2, 0.25) is 0 Å². The van der Waals surface area contributed by atoms with Gasteiger partial charge in [0.25, 0.3) is 0 Å². The standard InChI is InChI=1S/C12H22N4O4/c1-6(10(18)5-13)15-12(20)8(3)16-11(19)7(2)14-9(4)17/h6-8H,5,13H2,1-4H3,(H,14,17)(H,15,20)(H,16,19)/t6-,7-,8-/m0/s1. The molecule has 0 spiro atoms. The van der Waals surface area contributed by atoms with Crippen LogP contribution in [0.3, 0.4) is 0 Å². The number of carbonyl (C=O) groups is 4. The van der Waals surface area contributed by atoms with Crippen molar-refractivity contribution in [2.75, 3.05) is 6.54 Å². The summed E-state index contributed by atoms with van der Waals surface area (Å²) in [5.41, 5.74) is 5.18. The highest BCUT2D eigenvalue weighted by atomic mass is 16.2. The highest BCUT2D eigenvalue weighted by Gasteiger charge is 2.22. The highest BCUT2D eigenvalue weighted by molar-refractivity contribution is 5.94. The fraction of sp³-hybridized carbons (Fsp3) is 0.667. The maximum Gasteiger partial charge on any atom is 0.242 e. The van der Waals surface area contributed by atoms with E-state index in [2.05, 4.69) is 16.0 Å². The summed E-state index contributed by atoms with van der Waals surface area (Å²) in [4.78, 5) is 45.5. The Balaban J connectivity index is 4.35. The third kappa shape index (κ3) is 6.28. The van der Waals surface area contributed by atoms with E-state index in [1.807, 2.05) is 0 Å². The average molecular weight is 286 g/mol. The lowest BCUT2D eigenvalue weighted by molar-refractivity contribution is -0.132. The molecule has 3 amide bonds. The van der Waals surface area contributed by atoms with Gasteiger partial charge in [0.2, 0.25) is 17.7 Å². The minimum atomic E-state index is -0.827. The first-order valence-corrected chi connectivity index (χ1v) is 6.29. The van der Waals surface area contributed by atoms with Crippen LogP contribution in [0.1, 0.15) is 27.7 Å². The fourth-order valence-electron chi connectivity index (χ4n) is 1.37. The molecule has 0 aliphatic heterocycles. The molecule has 0 rings (SSSR count). The van der Waals surface area contributed by atoms with Crippen LogP contribution >= 0.6 is 0 Å². The van der Waals surface area contributed by atoms with Gasteiger partial charge in [-0.3, -0.25) is 19.2 Å². The van der Waals surface area contributed by atoms with Gasteiger partial charge in [-0.05, 0) is 20.8 Å². The Morgan fingerprint density at radius 2 is 1.25 bits per heavy atom. The van der Waals surface area contributed by atoms with E-state index in [-0.39, 0.29) is 18.2 Å². The number of carbonyl (C=O) groups excluding carboxylic acids is 4. The lowest BCUT2D eigenvalue weighted by Crippen LogP contribution is -2.53. The van der Waals surface area contributed by atoms with Crippen LogP contribution < -0.4 is 21.7 Å². The van der Waals surface area contributed by atoms with Gasteiger partial charge in [-0.1, -0.05) is 0 Å². The summed E-state index contributed by atoms with van der Waals surface area (Å²) in [5.74, 6) is -1.63. The molecule has 5 N–H and O–H groups in total. The Labute approximate surface area is 117 Å². The molecule has 0 bridgehead atoms. The molecule has 0 unspecified atom stereocenters. The number of Topliss-reactive ketones (excluding diaryl/α,β-unsaturated/α-hetero) is 1. The van der Waals surface area contributed by atoms with Gasteiger partial charge in [0.05, 0.1) is 12.6 Å². The van der Waals surface area contributed by atoms with Crippen molar-refractivity contribution in [2.45, 2.75) is 45.8 Å². The fourth-order valence-corrected chi connectivity index (χ4v) is 1.37. The lowest BCUT2D eigenvalue weighted by atomic mass is 10.2. The molecule has 20 heavy (non-hydrogen) atoms. The number of rotatable bonds is 7. The van der Waals surface area contributed by atoms with Gasteiger partial charge in [-0.15, -0.1) is 0 Å². The smallest absolute Gasteiger partial charge is 0.242 e. The number of hydrogen-bond acceptors (Lipinski definition) is 5. The Kier molecular flexibility index (Phi) is 7.45. The molecule has 0 radical (unpaired) electrons. The minimum Gasteiger partial charge on any atom is -0.345 e. The second-order valence-corrected chi connectivity index (χ2v) is 4.55. The van der Waals surface area contributed by atoms with Crippen molar-refractivity contribution in [3.05, 3.63) is 0 Å². The second kappa shape index (κ2) is 8.26. The van der Waals surface area contributed by atoms with E-state index in [0.29, 0.717) is 0 Å². The van der Waals surface area contributed by atoms with Crippen LogP contribution in [0.4, 0.5) is 0 Å². The van der Waals surface area contributed by atoms with Crippen molar-refractivity contribution in [2.24, 2.45) is 5.73 Å². The van der Waals surface area contributed by atoms with Gasteiger partial charge in [0.15, 0.2) is 5.78 Å². The van der Waals surface area contributed by atoms with Crippen LogP contribution in [-0.4, -0.2) is 48.2 Å². The van der Waals surface area contributed by atoms with Gasteiger partial charge in [-0.2, -0.15) is 0 Å². The first kappa shape index (κ1) is 18.0. The number of amides is 3. The number of nitrogens with two attached hydrogens (primary N) is 1. The summed E-state index contributed by atoms with van der Waals surface area (Å²) in [6, 6.07) is -2.28. The van der Waals surface area contributed by atoms with Crippen LogP contribution in [0.15, 0.2) is 0 Å². The van der Waals surface area contributed by atoms with E-state index in [1.165, 1.54) is 27.7 Å². The maximum absolute atomic E-state index is 11.7. The van der Waals surface area contributed by atoms with E-state index in [9.17, 15) is 19.2 Å². The third-order valence-corrected chi connectivity index (χ3v) is 2.61. The molecule has 0 aromatic rings. The molecule has 8 nitrogen and oxygen atoms in total. The maximum atomic E-state index is 11.7. The first-order chi connectivity index (χ1) is 9.18. The van der Waals surface area contributed by atoms with E-state index < -0.39 is 29.9 Å². The van der Waals surface area contributed by atoms with Gasteiger partial charge in [0.1, 0.15) is 12.1 Å². The summed E-state index contributed by atoms with van der Waals surface area (Å²) in [7, 11) is 0. The van der Waals surface area contributed by atoms with Crippen LogP contribution in [0.5, 0.6) is 0 Å². The summed E-state index contributed by atoms with van der Waals surface area (Å²) in [5, 5.41) is 7.29. The molecule has 114 valence electrons. The van der Waals surface area contributed by atoms with Crippen LogP contribution in [-0.2, 0) is 19.2 Å². The summed E-state index contributed by atoms with van der Waals surface area (Å²) in [6.45, 7) is 5.62. The van der Waals surface area contributed by atoms with Crippen LogP contribution in [0, 0.1) is 0 Å². The molecule has 0 aromatic carbocycles. The molecule has 0 aliphatic rings. The van der Waals surface area contributed by atoms with Gasteiger partial charge in [0, 0.05) is 6.92 Å². The predicted molar refractivity (Wildman–Crippen MR) is 72.5 cm³/mol. The third-order valence-electron chi connectivity index (χ3n) is 2.61. The molecule has 0 aromatic heterocycles. The minimum absolute atomic E-state index is 0.165. The zero-order chi connectivity index (χ0) is 15.9. The SMILES string of the molecule is CC(=O)N[C@@H](C)C(=O)N[C@@H](C)C(=O)N[C@@H](C)C(=O)CN. The zero-order valence-corrected chi connectivity index (χ0v) is 12.1. The van der Waals surface area contributed by atoms with Crippen molar-refractivity contribution in [1.29, 1.82) is 0 Å². The molecule has 0 fully saturated rings. The Bertz CT molecular complexity index is 397. The van der Waals surface area contributed by atoms with Gasteiger partial charge < -0.3 is 21.7 Å². The number of ketones is 1. The van der Waals surface area contributed by atoms with E-state index in [1.54, 1.807) is 0 Å². The molecule has 3 atom stereocenters. The quantitative estimate of drug-likeness (QED) is 0.432. The topological polar surface area (TPSA) is 130 Å². The van der Waals surface area contributed by atoms with E-state index in [4.69, 9.17) is 5.73 Å². The normalized spacial score (nSPS) is 14.7. The van der Waals surface area contributed by atoms with E-state index in [0.717, 1.165) is 0 Å². The van der Waals surface area contributed by atoms with Crippen molar-refractivity contribution in [3.63, 3.8) is 0 Å². The van der Waals surface area contributed by atoms with E-state index >= 15 is 0 Å². The van der Waals surface area contributed by atoms with Crippen molar-refractivity contribution < 1.29 is 19.2 Å². The molecule has 0 aliphatic carbocycles. The average Bonchev–Trinajstić information content (AvgIpc) is 2.36. The molecular formula is C12H22N4O4. The predicted octanol–water partition coefficient (Wildman–Crippen LogP) is -1.95. The van der Waals surface area contributed by atoms with Gasteiger partial charge >= 0.3 is 0 Å². The molecule has 0 saturated carbocycles. The Hall–Kier alpha value is -1.96. The summed E-state index contributed by atoms with van der Waals surface area (Å²) >= 11 is 0. The summed E-state index contributed by atoms with van der Waals surface area (Å²) in [6.07, 6.45) is 0. The Morgan fingerprint density at radius 3 is 1.65 bits per heavy atom. The van der Waals surface area contributed by atoms with Crippen molar-refractivity contribution >= 4 is 23.5 Å². The molecule has 0 saturated heterocycles. The molecular weight excluding hydrogens is 264 g/mol. The largest absolute Gasteiger partial charge is 0.345 e. The highest BCUT2D eigenvalue weighted by Crippen LogP contribution is 1.90. The molecule has 0 heterocycles. The second-order valence-electron chi connectivity index (χ2n) is 4.55.